The Hall–Kier alpha value is -1.04. The summed E-state index contributed by atoms with van der Waals surface area (Å²) in [5.74, 6) is 0.160. The van der Waals surface area contributed by atoms with E-state index in [1.165, 1.54) is 12.8 Å². The molecule has 78 valence electrons. The van der Waals surface area contributed by atoms with Crippen LogP contribution in [0.2, 0.25) is 0 Å². The van der Waals surface area contributed by atoms with Gasteiger partial charge in [0.1, 0.15) is 0 Å². The maximum Gasteiger partial charge on any atom is 0.226 e. The summed E-state index contributed by atoms with van der Waals surface area (Å²) in [4.78, 5) is 11.9. The first kappa shape index (κ1) is 11.0. The van der Waals surface area contributed by atoms with Crippen LogP contribution in [0.1, 0.15) is 45.4 Å². The molecule has 0 atom stereocenters. The molecule has 0 heterocycles. The van der Waals surface area contributed by atoms with Crippen molar-refractivity contribution in [3.8, 4) is 6.07 Å². The number of nitrogens with one attached hydrogen (secondary N) is 1. The number of hydrogen-bond acceptors (Lipinski definition) is 2. The zero-order chi connectivity index (χ0) is 10.4. The van der Waals surface area contributed by atoms with E-state index in [2.05, 4.69) is 12.2 Å². The van der Waals surface area contributed by atoms with E-state index in [1.54, 1.807) is 0 Å². The molecular weight excluding hydrogens is 176 g/mol. The Balaban J connectivity index is 2.44. The van der Waals surface area contributed by atoms with Crippen LogP contribution in [0.15, 0.2) is 0 Å². The van der Waals surface area contributed by atoms with Gasteiger partial charge < -0.3 is 5.32 Å². The van der Waals surface area contributed by atoms with Crippen LogP contribution < -0.4 is 5.32 Å². The average molecular weight is 194 g/mol. The molecule has 1 fully saturated rings. The van der Waals surface area contributed by atoms with Gasteiger partial charge in [0.15, 0.2) is 0 Å². The Labute approximate surface area is 85.5 Å². The molecule has 0 aromatic rings. The van der Waals surface area contributed by atoms with E-state index >= 15 is 0 Å². The van der Waals surface area contributed by atoms with Crippen LogP contribution in [0.4, 0.5) is 0 Å². The second-order valence-electron chi connectivity index (χ2n) is 4.01. The third kappa shape index (κ3) is 2.25. The quantitative estimate of drug-likeness (QED) is 0.696. The summed E-state index contributed by atoms with van der Waals surface area (Å²) in [7, 11) is 0. The molecule has 1 saturated carbocycles. The molecule has 3 nitrogen and oxygen atoms in total. The van der Waals surface area contributed by atoms with Crippen molar-refractivity contribution in [2.24, 2.45) is 5.41 Å². The monoisotopic (exact) mass is 194 g/mol. The second kappa shape index (κ2) is 4.99. The first-order chi connectivity index (χ1) is 6.75. The van der Waals surface area contributed by atoms with Crippen LogP contribution in [0.3, 0.4) is 0 Å². The molecule has 1 N–H and O–H groups in total. The van der Waals surface area contributed by atoms with E-state index < -0.39 is 0 Å². The number of carbonyl (C=O) groups excluding carboxylic acids is 1. The van der Waals surface area contributed by atoms with Gasteiger partial charge in [-0.15, -0.1) is 0 Å². The normalized spacial score (nSPS) is 18.9. The summed E-state index contributed by atoms with van der Waals surface area (Å²) in [6.45, 7) is 2.58. The van der Waals surface area contributed by atoms with Gasteiger partial charge in [-0.1, -0.05) is 19.8 Å². The lowest BCUT2D eigenvalue weighted by Crippen LogP contribution is -2.39. The SMILES string of the molecule is CCC1(C(=O)NCCC#N)CCCC1. The highest BCUT2D eigenvalue weighted by atomic mass is 16.2. The van der Waals surface area contributed by atoms with Crippen molar-refractivity contribution in [2.75, 3.05) is 6.54 Å². The number of carbonyl (C=O) groups is 1. The number of nitriles is 1. The van der Waals surface area contributed by atoms with Gasteiger partial charge >= 0.3 is 0 Å². The summed E-state index contributed by atoms with van der Waals surface area (Å²) < 4.78 is 0. The average Bonchev–Trinajstić information content (AvgIpc) is 2.67. The Bertz CT molecular complexity index is 236. The van der Waals surface area contributed by atoms with Crippen molar-refractivity contribution in [2.45, 2.75) is 45.4 Å². The molecule has 0 aromatic heterocycles. The summed E-state index contributed by atoms with van der Waals surface area (Å²) in [5.41, 5.74) is -0.116. The van der Waals surface area contributed by atoms with Gasteiger partial charge in [0.25, 0.3) is 0 Å². The molecule has 0 radical (unpaired) electrons. The van der Waals surface area contributed by atoms with Gasteiger partial charge in [-0.25, -0.2) is 0 Å². The molecule has 0 saturated heterocycles. The van der Waals surface area contributed by atoms with Gasteiger partial charge in [0.05, 0.1) is 12.5 Å². The fourth-order valence-corrected chi connectivity index (χ4v) is 2.21. The Morgan fingerprint density at radius 3 is 2.64 bits per heavy atom. The lowest BCUT2D eigenvalue weighted by Gasteiger charge is -2.25. The van der Waals surface area contributed by atoms with Crippen LogP contribution in [-0.2, 0) is 4.79 Å². The van der Waals surface area contributed by atoms with Crippen LogP contribution in [0.25, 0.3) is 0 Å². The summed E-state index contributed by atoms with van der Waals surface area (Å²) in [6, 6.07) is 2.03. The molecule has 1 amide bonds. The van der Waals surface area contributed by atoms with Crippen molar-refractivity contribution in [1.82, 2.24) is 5.32 Å². The summed E-state index contributed by atoms with van der Waals surface area (Å²) >= 11 is 0. The smallest absolute Gasteiger partial charge is 0.226 e. The first-order valence-corrected chi connectivity index (χ1v) is 5.40. The van der Waals surface area contributed by atoms with Crippen LogP contribution in [0.5, 0.6) is 0 Å². The van der Waals surface area contributed by atoms with E-state index in [-0.39, 0.29) is 11.3 Å². The van der Waals surface area contributed by atoms with Gasteiger partial charge in [-0.05, 0) is 19.3 Å². The second-order valence-corrected chi connectivity index (χ2v) is 4.01. The lowest BCUT2D eigenvalue weighted by atomic mass is 9.82. The van der Waals surface area contributed by atoms with E-state index in [4.69, 9.17) is 5.26 Å². The Morgan fingerprint density at radius 2 is 2.14 bits per heavy atom. The summed E-state index contributed by atoms with van der Waals surface area (Å²) in [6.07, 6.45) is 5.69. The number of nitrogens with zero attached hydrogens (tertiary/aromatic N) is 1. The molecule has 1 aliphatic carbocycles. The third-order valence-electron chi connectivity index (χ3n) is 3.24. The zero-order valence-electron chi connectivity index (χ0n) is 8.81. The molecule has 1 rings (SSSR count). The number of rotatable bonds is 4. The van der Waals surface area contributed by atoms with Crippen LogP contribution in [0, 0.1) is 16.7 Å². The minimum Gasteiger partial charge on any atom is -0.355 e. The Kier molecular flexibility index (Phi) is 3.94. The van der Waals surface area contributed by atoms with Crippen molar-refractivity contribution < 1.29 is 4.79 Å². The van der Waals surface area contributed by atoms with Crippen molar-refractivity contribution >= 4 is 5.91 Å². The maximum atomic E-state index is 11.9. The first-order valence-electron chi connectivity index (χ1n) is 5.40. The number of hydrogen-bond donors (Lipinski definition) is 1. The van der Waals surface area contributed by atoms with Gasteiger partial charge in [0, 0.05) is 12.0 Å². The van der Waals surface area contributed by atoms with E-state index in [1.807, 2.05) is 6.07 Å². The van der Waals surface area contributed by atoms with Crippen LogP contribution in [-0.4, -0.2) is 12.5 Å². The predicted molar refractivity (Wildman–Crippen MR) is 54.4 cm³/mol. The fourth-order valence-electron chi connectivity index (χ4n) is 2.21. The van der Waals surface area contributed by atoms with Gasteiger partial charge in [-0.3, -0.25) is 4.79 Å². The summed E-state index contributed by atoms with van der Waals surface area (Å²) in [5, 5.41) is 11.2. The minimum atomic E-state index is -0.116. The molecule has 0 bridgehead atoms. The largest absolute Gasteiger partial charge is 0.355 e. The third-order valence-corrected chi connectivity index (χ3v) is 3.24. The fraction of sp³-hybridized carbons (Fsp3) is 0.818. The van der Waals surface area contributed by atoms with Crippen molar-refractivity contribution in [3.63, 3.8) is 0 Å². The number of amides is 1. The zero-order valence-corrected chi connectivity index (χ0v) is 8.81. The lowest BCUT2D eigenvalue weighted by molar-refractivity contribution is -0.130. The van der Waals surface area contributed by atoms with Crippen molar-refractivity contribution in [3.05, 3.63) is 0 Å². The van der Waals surface area contributed by atoms with Gasteiger partial charge in [-0.2, -0.15) is 5.26 Å². The Morgan fingerprint density at radius 1 is 1.50 bits per heavy atom. The van der Waals surface area contributed by atoms with E-state index in [0.717, 1.165) is 19.3 Å². The van der Waals surface area contributed by atoms with Gasteiger partial charge in [0.2, 0.25) is 5.91 Å². The molecule has 3 heteroatoms. The highest BCUT2D eigenvalue weighted by Crippen LogP contribution is 2.40. The molecular formula is C11H18N2O. The predicted octanol–water partition coefficient (Wildman–Crippen LogP) is 1.99. The molecule has 0 aromatic carbocycles. The standard InChI is InChI=1S/C11H18N2O/c1-2-11(6-3-4-7-11)10(14)13-9-5-8-12/h2-7,9H2,1H3,(H,13,14). The topological polar surface area (TPSA) is 52.9 Å². The molecule has 0 unspecified atom stereocenters. The highest BCUT2D eigenvalue weighted by Gasteiger charge is 2.38. The highest BCUT2D eigenvalue weighted by molar-refractivity contribution is 5.82. The molecule has 1 aliphatic rings. The maximum absolute atomic E-state index is 11.9. The minimum absolute atomic E-state index is 0.116. The molecule has 14 heavy (non-hydrogen) atoms. The molecule has 0 spiro atoms. The van der Waals surface area contributed by atoms with E-state index in [0.29, 0.717) is 13.0 Å². The van der Waals surface area contributed by atoms with Crippen molar-refractivity contribution in [1.29, 1.82) is 5.26 Å². The molecule has 0 aliphatic heterocycles. The van der Waals surface area contributed by atoms with E-state index in [9.17, 15) is 4.79 Å². The van der Waals surface area contributed by atoms with Crippen LogP contribution >= 0.6 is 0 Å².